The van der Waals surface area contributed by atoms with Crippen molar-refractivity contribution in [1.82, 2.24) is 40.1 Å². The number of aryl methyl sites for hydroxylation is 7. The third-order valence-electron chi connectivity index (χ3n) is 27.0. The standard InChI is InChI=1S/2C38H46N6O3.C35H39N5O5/c1-24(2)17-28-19-33(42-15-13-39-14-16-42)27(5)18-29(28)20-35-40-22-30-23-43(36-25(3)9-8-10-26(36)4)38(45)44(37(30)41-35)32-12-11-31(46-6)21-34(32)47-7;1-25(2)19-29-20-31(42-17-15-41(5)16-18-42)12-11-28(29)21-35-39-23-30-24-43(36-26(3)9-8-10-27(36)4)38(45)44(37(30)40-35)33-14-13-32(46-6)22-34(33)47-7;1-22-7-6-8-23(2)33(22)39-21-25-20-36-32(17-24-9-10-26(18-30(24)44-4)38-15-13-27(41)14-16-38)37-34(25)40(35(39)42)29-12-11-28(43-3)19-31(29)45-5/h8-12,18-19,21-22,24,39H,13-17,20,23H2,1-7H3;8-14,20,22-23,25H,15-19,21,24H2,1-7H3;6-12,18-20,27,41H,13-17,21H2,1-5H3. The highest BCUT2D eigenvalue weighted by atomic mass is 16.5. The van der Waals surface area contributed by atoms with Gasteiger partial charge in [-0.05, 0) is 215 Å². The molecule has 18 rings (SSSR count). The lowest BCUT2D eigenvalue weighted by Gasteiger charge is -2.37. The van der Waals surface area contributed by atoms with Gasteiger partial charge in [0, 0.05) is 167 Å². The van der Waals surface area contributed by atoms with Gasteiger partial charge >= 0.3 is 18.1 Å². The van der Waals surface area contributed by atoms with Gasteiger partial charge in [-0.15, -0.1) is 0 Å². The number of nitrogens with zero attached hydrogens (tertiary/aromatic N) is 16. The third kappa shape index (κ3) is 21.3. The molecule has 3 fully saturated rings. The van der Waals surface area contributed by atoms with Crippen LogP contribution in [0.1, 0.15) is 141 Å². The first-order chi connectivity index (χ1) is 67.1. The number of aromatic nitrogens is 6. The van der Waals surface area contributed by atoms with Crippen molar-refractivity contribution in [2.75, 3.05) is 166 Å². The van der Waals surface area contributed by atoms with Crippen molar-refractivity contribution in [3.8, 4) is 40.2 Å². The third-order valence-corrected chi connectivity index (χ3v) is 27.0. The first-order valence-corrected chi connectivity index (χ1v) is 48.1. The number of amides is 6. The summed E-state index contributed by atoms with van der Waals surface area (Å²) in [6.07, 6.45) is 10.3. The van der Waals surface area contributed by atoms with E-state index in [1.165, 1.54) is 39.2 Å². The summed E-state index contributed by atoms with van der Waals surface area (Å²) in [6, 6.07) is 51.6. The molecule has 28 heteroatoms. The number of para-hydroxylation sites is 3. The Kier molecular flexibility index (Phi) is 30.5. The number of carbonyl (C=O) groups is 3. The number of piperazine rings is 2. The zero-order valence-electron chi connectivity index (χ0n) is 83.8. The zero-order valence-corrected chi connectivity index (χ0v) is 83.8. The van der Waals surface area contributed by atoms with Gasteiger partial charge in [0.25, 0.3) is 0 Å². The maximum atomic E-state index is 14.6. The topological polar surface area (TPSA) is 258 Å². The van der Waals surface area contributed by atoms with Crippen molar-refractivity contribution in [3.63, 3.8) is 0 Å². The van der Waals surface area contributed by atoms with Gasteiger partial charge in [0.2, 0.25) is 0 Å². The minimum Gasteiger partial charge on any atom is -0.497 e. The number of hydrogen-bond acceptors (Lipinski definition) is 22. The molecule has 9 aromatic carbocycles. The molecule has 2 N–H and O–H groups in total. The molecule has 726 valence electrons. The molecule has 0 aliphatic carbocycles. The Morgan fingerprint density at radius 2 is 0.719 bits per heavy atom. The number of urea groups is 3. The quantitative estimate of drug-likeness (QED) is 0.0510. The second kappa shape index (κ2) is 43.3. The zero-order chi connectivity index (χ0) is 98.1. The Bertz CT molecular complexity index is 6430. The number of hydrogen-bond donors (Lipinski definition) is 2. The van der Waals surface area contributed by atoms with Gasteiger partial charge in [-0.1, -0.05) is 100 Å². The van der Waals surface area contributed by atoms with Crippen molar-refractivity contribution in [3.05, 3.63) is 277 Å². The summed E-state index contributed by atoms with van der Waals surface area (Å²) >= 11 is 0. The molecule has 6 amide bonds. The van der Waals surface area contributed by atoms with Crippen LogP contribution in [-0.2, 0) is 51.7 Å². The molecule has 6 aliphatic heterocycles. The second-order valence-corrected chi connectivity index (χ2v) is 37.7. The highest BCUT2D eigenvalue weighted by molar-refractivity contribution is 6.14. The van der Waals surface area contributed by atoms with Gasteiger partial charge < -0.3 is 63.2 Å². The van der Waals surface area contributed by atoms with E-state index >= 15 is 0 Å². The van der Waals surface area contributed by atoms with Crippen LogP contribution in [0.2, 0.25) is 0 Å². The smallest absolute Gasteiger partial charge is 0.335 e. The number of methoxy groups -OCH3 is 7. The summed E-state index contributed by atoms with van der Waals surface area (Å²) in [5.74, 6) is 8.75. The van der Waals surface area contributed by atoms with E-state index in [1.807, 2.05) is 167 Å². The van der Waals surface area contributed by atoms with Crippen molar-refractivity contribution < 1.29 is 52.6 Å². The number of aliphatic hydroxyl groups is 1. The fraction of sp³-hybridized carbons (Fsp3) is 0.378. The van der Waals surface area contributed by atoms with Crippen LogP contribution in [0.15, 0.2) is 176 Å². The maximum absolute atomic E-state index is 14.6. The number of ether oxygens (including phenoxy) is 7. The average molecular weight is 1880 g/mol. The lowest BCUT2D eigenvalue weighted by atomic mass is 9.93. The second-order valence-electron chi connectivity index (χ2n) is 37.7. The van der Waals surface area contributed by atoms with E-state index in [-0.39, 0.29) is 24.2 Å². The molecule has 0 saturated carbocycles. The first kappa shape index (κ1) is 98.0. The lowest BCUT2D eigenvalue weighted by Crippen LogP contribution is -2.46. The monoisotopic (exact) mass is 1880 g/mol. The van der Waals surface area contributed by atoms with Crippen molar-refractivity contribution >= 4 is 86.7 Å². The molecule has 0 spiro atoms. The van der Waals surface area contributed by atoms with E-state index in [9.17, 15) is 19.5 Å². The Morgan fingerprint density at radius 3 is 1.10 bits per heavy atom. The Labute approximate surface area is 817 Å². The molecule has 0 radical (unpaired) electrons. The molecule has 28 nitrogen and oxygen atoms in total. The number of fused-ring (bicyclic) bond motifs is 3. The molecule has 6 aliphatic rings. The Morgan fingerprint density at radius 1 is 0.360 bits per heavy atom. The van der Waals surface area contributed by atoms with Gasteiger partial charge in [-0.25, -0.2) is 59.0 Å². The summed E-state index contributed by atoms with van der Waals surface area (Å²) in [5.41, 5.74) is 24.0. The summed E-state index contributed by atoms with van der Waals surface area (Å²) in [4.78, 5) is 93.4. The summed E-state index contributed by atoms with van der Waals surface area (Å²) in [7, 11) is 13.4. The summed E-state index contributed by atoms with van der Waals surface area (Å²) in [5, 5.41) is 13.4. The van der Waals surface area contributed by atoms with Crippen LogP contribution >= 0.6 is 0 Å². The largest absolute Gasteiger partial charge is 0.497 e. The molecule has 3 aromatic heterocycles. The van der Waals surface area contributed by atoms with E-state index in [1.54, 1.807) is 93.6 Å². The molecule has 9 heterocycles. The van der Waals surface area contributed by atoms with E-state index in [2.05, 4.69) is 103 Å². The lowest BCUT2D eigenvalue weighted by molar-refractivity contribution is 0.145. The fourth-order valence-electron chi connectivity index (χ4n) is 19.8. The molecule has 0 bridgehead atoms. The molecular formula is C111H131N17O11. The number of anilines is 12. The van der Waals surface area contributed by atoms with Gasteiger partial charge in [0.05, 0.1) is 110 Å². The highest BCUT2D eigenvalue weighted by Gasteiger charge is 2.42. The summed E-state index contributed by atoms with van der Waals surface area (Å²) < 4.78 is 39.5. The van der Waals surface area contributed by atoms with Crippen LogP contribution in [-0.4, -0.2) is 186 Å². The van der Waals surface area contributed by atoms with E-state index in [4.69, 9.17) is 63.1 Å². The number of benzene rings is 9. The maximum Gasteiger partial charge on any atom is 0.335 e. The number of piperidine rings is 1. The molecular weight excluding hydrogens is 1750 g/mol. The Balaban J connectivity index is 0.000000151. The van der Waals surface area contributed by atoms with Crippen LogP contribution < -0.4 is 82.6 Å². The molecule has 139 heavy (non-hydrogen) atoms. The predicted molar refractivity (Wildman–Crippen MR) is 552 cm³/mol. The van der Waals surface area contributed by atoms with Crippen molar-refractivity contribution in [1.29, 1.82) is 0 Å². The number of carbonyl (C=O) groups excluding carboxylic acids is 3. The number of rotatable bonds is 26. The average Bonchev–Trinajstić information content (AvgIpc) is 0.420. The predicted octanol–water partition coefficient (Wildman–Crippen LogP) is 19.8. The van der Waals surface area contributed by atoms with Gasteiger partial charge in [-0.3, -0.25) is 14.7 Å². The number of likely N-dealkylation sites (N-methyl/N-ethyl adjacent to an activating group) is 1. The van der Waals surface area contributed by atoms with Crippen LogP contribution in [0.25, 0.3) is 0 Å². The van der Waals surface area contributed by atoms with E-state index in [0.29, 0.717) is 137 Å². The van der Waals surface area contributed by atoms with Crippen LogP contribution in [0.3, 0.4) is 0 Å². The summed E-state index contributed by atoms with van der Waals surface area (Å²) in [6.45, 7) is 34.3. The van der Waals surface area contributed by atoms with Crippen LogP contribution in [0, 0.1) is 60.3 Å². The van der Waals surface area contributed by atoms with Gasteiger partial charge in [0.15, 0.2) is 0 Å². The van der Waals surface area contributed by atoms with Crippen molar-refractivity contribution in [2.45, 2.75) is 147 Å². The van der Waals surface area contributed by atoms with E-state index < -0.39 is 0 Å². The first-order valence-electron chi connectivity index (χ1n) is 48.1. The normalized spacial score (nSPS) is 15.2. The van der Waals surface area contributed by atoms with Gasteiger partial charge in [0.1, 0.15) is 75.2 Å². The minimum atomic E-state index is -0.235. The Hall–Kier alpha value is -14.1. The number of nitrogens with one attached hydrogen (secondary N) is 1. The molecule has 3 saturated heterocycles. The number of aliphatic hydroxyl groups excluding tert-OH is 1. The minimum absolute atomic E-state index is 0.194. The van der Waals surface area contributed by atoms with E-state index in [0.717, 1.165) is 175 Å². The highest BCUT2D eigenvalue weighted by Crippen LogP contribution is 2.48. The fourth-order valence-corrected chi connectivity index (χ4v) is 19.8. The van der Waals surface area contributed by atoms with Gasteiger partial charge in [-0.2, -0.15) is 0 Å². The van der Waals surface area contributed by atoms with Crippen LogP contribution in [0.4, 0.5) is 83.0 Å². The molecule has 0 unspecified atom stereocenters. The molecule has 0 atom stereocenters. The van der Waals surface area contributed by atoms with Crippen LogP contribution in [0.5, 0.6) is 40.2 Å². The molecule has 12 aromatic rings. The van der Waals surface area contributed by atoms with Crippen molar-refractivity contribution in [2.24, 2.45) is 11.8 Å². The SMILES string of the molecule is COc1ccc(N2C(=O)N(c3c(C)cccc3C)Cc3cnc(Cc4cc(C)c(N5CCNCC5)cc4CC(C)C)nc32)c(OC)c1.COc1ccc(N2C(=O)N(c3c(C)cccc3C)Cc3cnc(Cc4ccc(N5CCC(O)CC5)cc4OC)nc32)c(OC)c1.COc1ccc(N2C(=O)N(c3c(C)cccc3C)Cc3cnc(Cc4ccc(N5CCN(C)CC5)cc4CC(C)C)nc32)c(OC)c1.